The number of aryl methyl sites for hydroxylation is 4. The maximum absolute atomic E-state index is 8.37. The van der Waals surface area contributed by atoms with Gasteiger partial charge in [-0.3, -0.25) is 5.41 Å². The number of amidine groups is 1. The largest absolute Gasteiger partial charge is 0.360 e. The first kappa shape index (κ1) is 16.8. The molecule has 2 nitrogen and oxygen atoms in total. The van der Waals surface area contributed by atoms with E-state index in [1.807, 2.05) is 11.9 Å². The van der Waals surface area contributed by atoms with Gasteiger partial charge in [-0.25, -0.2) is 0 Å². The Bertz CT molecular complexity index is 774. The van der Waals surface area contributed by atoms with Gasteiger partial charge in [0.1, 0.15) is 5.84 Å². The van der Waals surface area contributed by atoms with Crippen molar-refractivity contribution >= 4 is 5.84 Å². The highest BCUT2D eigenvalue weighted by atomic mass is 15.1. The van der Waals surface area contributed by atoms with E-state index in [9.17, 15) is 0 Å². The van der Waals surface area contributed by atoms with Gasteiger partial charge in [-0.05, 0) is 85.9 Å². The predicted octanol–water partition coefficient (Wildman–Crippen LogP) is 4.66. The van der Waals surface area contributed by atoms with Crippen molar-refractivity contribution in [3.05, 3.63) is 69.3 Å². The fourth-order valence-corrected chi connectivity index (χ4v) is 3.64. The van der Waals surface area contributed by atoms with Crippen molar-refractivity contribution in [3.8, 4) is 0 Å². The molecule has 3 rings (SSSR count). The van der Waals surface area contributed by atoms with E-state index < -0.39 is 0 Å². The number of nitrogens with one attached hydrogen (secondary N) is 1. The van der Waals surface area contributed by atoms with Crippen molar-refractivity contribution < 1.29 is 0 Å². The summed E-state index contributed by atoms with van der Waals surface area (Å²) in [6, 6.07) is 11.5. The van der Waals surface area contributed by atoms with Gasteiger partial charge in [-0.2, -0.15) is 0 Å². The monoisotopic (exact) mass is 320 g/mol. The number of hydrogen-bond acceptors (Lipinski definition) is 1. The lowest BCUT2D eigenvalue weighted by molar-refractivity contribution is 0.532. The van der Waals surface area contributed by atoms with Crippen LogP contribution >= 0.6 is 0 Å². The number of nitrogens with zero attached hydrogens (tertiary/aromatic N) is 1. The molecular formula is C22H28N2. The fraction of sp³-hybridized carbons (Fsp3) is 0.409. The zero-order valence-electron chi connectivity index (χ0n) is 15.4. The Balaban J connectivity index is 1.87. The number of rotatable bonds is 4. The number of hydrogen-bond donors (Lipinski definition) is 1. The Morgan fingerprint density at radius 3 is 2.54 bits per heavy atom. The third kappa shape index (κ3) is 3.24. The van der Waals surface area contributed by atoms with E-state index in [-0.39, 0.29) is 0 Å². The molecule has 0 aliphatic heterocycles. The van der Waals surface area contributed by atoms with Crippen LogP contribution in [0.15, 0.2) is 30.3 Å². The molecule has 0 spiro atoms. The molecule has 0 heterocycles. The summed E-state index contributed by atoms with van der Waals surface area (Å²) in [5.74, 6) is 0.613. The maximum atomic E-state index is 8.37. The van der Waals surface area contributed by atoms with Crippen LogP contribution in [-0.2, 0) is 19.3 Å². The van der Waals surface area contributed by atoms with Crippen LogP contribution in [-0.4, -0.2) is 24.3 Å². The normalized spacial score (nSPS) is 13.0. The summed E-state index contributed by atoms with van der Waals surface area (Å²) >= 11 is 0. The molecule has 1 N–H and O–H groups in total. The summed E-state index contributed by atoms with van der Waals surface area (Å²) in [7, 11) is 1.98. The van der Waals surface area contributed by atoms with Crippen molar-refractivity contribution in [3.63, 3.8) is 0 Å². The smallest absolute Gasteiger partial charge is 0.128 e. The number of fused-ring (bicyclic) bond motifs is 1. The molecule has 0 aromatic heterocycles. The van der Waals surface area contributed by atoms with Crippen molar-refractivity contribution in [2.45, 2.75) is 46.5 Å². The van der Waals surface area contributed by atoms with E-state index in [0.29, 0.717) is 5.84 Å². The van der Waals surface area contributed by atoms with Crippen LogP contribution in [0.4, 0.5) is 0 Å². The molecule has 126 valence electrons. The summed E-state index contributed by atoms with van der Waals surface area (Å²) in [5.41, 5.74) is 9.40. The highest BCUT2D eigenvalue weighted by Crippen LogP contribution is 2.25. The van der Waals surface area contributed by atoms with Crippen LogP contribution in [0.25, 0.3) is 0 Å². The maximum Gasteiger partial charge on any atom is 0.128 e. The zero-order chi connectivity index (χ0) is 17.3. The zero-order valence-corrected chi connectivity index (χ0v) is 15.4. The molecule has 2 heteroatoms. The molecule has 0 saturated carbocycles. The van der Waals surface area contributed by atoms with Gasteiger partial charge >= 0.3 is 0 Å². The average molecular weight is 320 g/mol. The van der Waals surface area contributed by atoms with Gasteiger partial charge in [0, 0.05) is 19.2 Å². The summed E-state index contributed by atoms with van der Waals surface area (Å²) in [4.78, 5) is 1.99. The standard InChI is InChI=1S/C22H28N2/c1-5-24(4)22(23)21-12-15(2)20(11-16(21)3)14-17-9-10-18-7-6-8-19(18)13-17/h9-13,23H,5-8,14H2,1-4H3. The molecule has 0 radical (unpaired) electrons. The van der Waals surface area contributed by atoms with Crippen LogP contribution in [0, 0.1) is 19.3 Å². The second-order valence-corrected chi connectivity index (χ2v) is 7.09. The SMILES string of the molecule is CCN(C)C(=N)c1cc(C)c(Cc2ccc3c(c2)CCC3)cc1C. The summed E-state index contributed by atoms with van der Waals surface area (Å²) in [6.07, 6.45) is 4.77. The van der Waals surface area contributed by atoms with Gasteiger partial charge in [0.15, 0.2) is 0 Å². The second kappa shape index (κ2) is 6.80. The lowest BCUT2D eigenvalue weighted by atomic mass is 9.93. The van der Waals surface area contributed by atoms with E-state index >= 15 is 0 Å². The van der Waals surface area contributed by atoms with Gasteiger partial charge in [-0.1, -0.05) is 24.3 Å². The van der Waals surface area contributed by atoms with Gasteiger partial charge in [0.25, 0.3) is 0 Å². The highest BCUT2D eigenvalue weighted by Gasteiger charge is 2.14. The molecule has 0 unspecified atom stereocenters. The molecule has 2 aromatic carbocycles. The third-order valence-corrected chi connectivity index (χ3v) is 5.35. The second-order valence-electron chi connectivity index (χ2n) is 7.09. The molecule has 0 fully saturated rings. The molecule has 24 heavy (non-hydrogen) atoms. The van der Waals surface area contributed by atoms with Gasteiger partial charge in [-0.15, -0.1) is 0 Å². The molecule has 1 aliphatic carbocycles. The minimum Gasteiger partial charge on any atom is -0.360 e. The van der Waals surface area contributed by atoms with E-state index in [0.717, 1.165) is 18.5 Å². The van der Waals surface area contributed by atoms with Crippen molar-refractivity contribution in [1.82, 2.24) is 4.90 Å². The Kier molecular flexibility index (Phi) is 4.75. The van der Waals surface area contributed by atoms with Crippen LogP contribution in [0.1, 0.15) is 52.3 Å². The molecule has 1 aliphatic rings. The first-order valence-electron chi connectivity index (χ1n) is 9.00. The van der Waals surface area contributed by atoms with E-state index in [1.54, 1.807) is 5.56 Å². The summed E-state index contributed by atoms with van der Waals surface area (Å²) < 4.78 is 0. The van der Waals surface area contributed by atoms with Crippen molar-refractivity contribution in [2.24, 2.45) is 0 Å². The lowest BCUT2D eigenvalue weighted by Crippen LogP contribution is -2.27. The van der Waals surface area contributed by atoms with E-state index in [4.69, 9.17) is 5.41 Å². The first-order chi connectivity index (χ1) is 11.5. The number of benzene rings is 2. The Morgan fingerprint density at radius 1 is 1.04 bits per heavy atom. The van der Waals surface area contributed by atoms with Crippen LogP contribution < -0.4 is 0 Å². The molecule has 0 atom stereocenters. The fourth-order valence-electron chi connectivity index (χ4n) is 3.64. The predicted molar refractivity (Wildman–Crippen MR) is 102 cm³/mol. The molecule has 0 saturated heterocycles. The molecular weight excluding hydrogens is 292 g/mol. The lowest BCUT2D eigenvalue weighted by Gasteiger charge is -2.21. The summed E-state index contributed by atoms with van der Waals surface area (Å²) in [5, 5.41) is 8.37. The van der Waals surface area contributed by atoms with Crippen LogP contribution in [0.5, 0.6) is 0 Å². The molecule has 0 amide bonds. The van der Waals surface area contributed by atoms with E-state index in [2.05, 4.69) is 51.1 Å². The third-order valence-electron chi connectivity index (χ3n) is 5.35. The Labute approximate surface area is 146 Å². The quantitative estimate of drug-likeness (QED) is 0.644. The van der Waals surface area contributed by atoms with Crippen LogP contribution in [0.3, 0.4) is 0 Å². The summed E-state index contributed by atoms with van der Waals surface area (Å²) in [6.45, 7) is 7.23. The first-order valence-corrected chi connectivity index (χ1v) is 9.00. The van der Waals surface area contributed by atoms with Gasteiger partial charge < -0.3 is 4.90 Å². The van der Waals surface area contributed by atoms with Crippen molar-refractivity contribution in [2.75, 3.05) is 13.6 Å². The van der Waals surface area contributed by atoms with Gasteiger partial charge in [0.2, 0.25) is 0 Å². The van der Waals surface area contributed by atoms with Crippen LogP contribution in [0.2, 0.25) is 0 Å². The van der Waals surface area contributed by atoms with Crippen molar-refractivity contribution in [1.29, 1.82) is 5.41 Å². The topological polar surface area (TPSA) is 27.1 Å². The van der Waals surface area contributed by atoms with E-state index in [1.165, 1.54) is 47.1 Å². The minimum atomic E-state index is 0.613. The minimum absolute atomic E-state index is 0.613. The van der Waals surface area contributed by atoms with Gasteiger partial charge in [0.05, 0.1) is 0 Å². The Hall–Kier alpha value is -2.09. The Morgan fingerprint density at radius 2 is 1.79 bits per heavy atom. The molecule has 2 aromatic rings. The highest BCUT2D eigenvalue weighted by molar-refractivity contribution is 5.97. The average Bonchev–Trinajstić information content (AvgIpc) is 3.04. The molecule has 0 bridgehead atoms.